The van der Waals surface area contributed by atoms with Crippen molar-refractivity contribution in [2.75, 3.05) is 13.1 Å². The van der Waals surface area contributed by atoms with E-state index in [0.29, 0.717) is 23.9 Å². The molecular weight excluding hydrogens is 188 g/mol. The summed E-state index contributed by atoms with van der Waals surface area (Å²) >= 11 is 0. The van der Waals surface area contributed by atoms with Crippen molar-refractivity contribution in [3.05, 3.63) is 0 Å². The van der Waals surface area contributed by atoms with E-state index in [1.807, 2.05) is 0 Å². The molecule has 2 saturated heterocycles. The molecule has 1 saturated carbocycles. The van der Waals surface area contributed by atoms with Gasteiger partial charge in [-0.2, -0.15) is 0 Å². The third-order valence-electron chi connectivity index (χ3n) is 4.34. The fourth-order valence-corrected chi connectivity index (χ4v) is 3.52. The van der Waals surface area contributed by atoms with Gasteiger partial charge in [-0.15, -0.1) is 0 Å². The topological polar surface area (TPSA) is 32.3 Å². The maximum atomic E-state index is 12.4. The van der Waals surface area contributed by atoms with Crippen molar-refractivity contribution >= 4 is 5.91 Å². The van der Waals surface area contributed by atoms with Gasteiger partial charge in [0, 0.05) is 31.1 Å². The van der Waals surface area contributed by atoms with Crippen LogP contribution >= 0.6 is 0 Å². The summed E-state index contributed by atoms with van der Waals surface area (Å²) in [5, 5.41) is 3.43. The van der Waals surface area contributed by atoms with Gasteiger partial charge in [0.05, 0.1) is 0 Å². The smallest absolute Gasteiger partial charge is 0.226 e. The zero-order chi connectivity index (χ0) is 10.3. The van der Waals surface area contributed by atoms with Gasteiger partial charge in [0.25, 0.3) is 0 Å². The summed E-state index contributed by atoms with van der Waals surface area (Å²) < 4.78 is 0. The van der Waals surface area contributed by atoms with Crippen molar-refractivity contribution in [1.82, 2.24) is 10.2 Å². The molecule has 3 fully saturated rings. The standard InChI is InChI=1S/C12H20N2O/c15-12(9-3-1-2-4-9)14-10-5-6-11(14)8-13-7-10/h9-11,13H,1-8H2. The van der Waals surface area contributed by atoms with Crippen molar-refractivity contribution in [2.45, 2.75) is 50.6 Å². The predicted octanol–water partition coefficient (Wildman–Crippen LogP) is 1.14. The van der Waals surface area contributed by atoms with E-state index >= 15 is 0 Å². The summed E-state index contributed by atoms with van der Waals surface area (Å²) in [6.07, 6.45) is 7.24. The van der Waals surface area contributed by atoms with E-state index in [0.717, 1.165) is 25.9 Å². The van der Waals surface area contributed by atoms with Crippen LogP contribution in [0.4, 0.5) is 0 Å². The Hall–Kier alpha value is -0.570. The van der Waals surface area contributed by atoms with Gasteiger partial charge in [0.1, 0.15) is 0 Å². The van der Waals surface area contributed by atoms with Gasteiger partial charge in [-0.1, -0.05) is 12.8 Å². The number of hydrogen-bond donors (Lipinski definition) is 1. The number of nitrogens with one attached hydrogen (secondary N) is 1. The molecule has 3 aliphatic rings. The van der Waals surface area contributed by atoms with Crippen molar-refractivity contribution in [3.63, 3.8) is 0 Å². The molecule has 1 N–H and O–H groups in total. The fourth-order valence-electron chi connectivity index (χ4n) is 3.52. The Morgan fingerprint density at radius 2 is 1.60 bits per heavy atom. The van der Waals surface area contributed by atoms with Crippen molar-refractivity contribution in [2.24, 2.45) is 5.92 Å². The summed E-state index contributed by atoms with van der Waals surface area (Å²) in [4.78, 5) is 14.6. The molecule has 3 rings (SSSR count). The molecule has 0 radical (unpaired) electrons. The summed E-state index contributed by atoms with van der Waals surface area (Å²) in [7, 11) is 0. The molecule has 15 heavy (non-hydrogen) atoms. The summed E-state index contributed by atoms with van der Waals surface area (Å²) in [5.41, 5.74) is 0. The van der Waals surface area contributed by atoms with Crippen LogP contribution in [0.2, 0.25) is 0 Å². The van der Waals surface area contributed by atoms with Crippen LogP contribution in [0.1, 0.15) is 38.5 Å². The summed E-state index contributed by atoms with van der Waals surface area (Å²) in [6, 6.07) is 1.02. The van der Waals surface area contributed by atoms with Crippen molar-refractivity contribution in [1.29, 1.82) is 0 Å². The lowest BCUT2D eigenvalue weighted by molar-refractivity contribution is -0.139. The Morgan fingerprint density at radius 1 is 1.00 bits per heavy atom. The number of fused-ring (bicyclic) bond motifs is 2. The first-order valence-electron chi connectivity index (χ1n) is 6.39. The maximum absolute atomic E-state index is 12.4. The first kappa shape index (κ1) is 9.64. The molecule has 84 valence electrons. The van der Waals surface area contributed by atoms with E-state index in [9.17, 15) is 4.79 Å². The Bertz CT molecular complexity index is 244. The fraction of sp³-hybridized carbons (Fsp3) is 0.917. The zero-order valence-corrected chi connectivity index (χ0v) is 9.24. The lowest BCUT2D eigenvalue weighted by atomic mass is 10.0. The number of piperazine rings is 1. The normalized spacial score (nSPS) is 36.1. The molecule has 0 aromatic heterocycles. The molecule has 2 unspecified atom stereocenters. The van der Waals surface area contributed by atoms with Gasteiger partial charge >= 0.3 is 0 Å². The molecule has 0 aromatic rings. The van der Waals surface area contributed by atoms with Crippen LogP contribution in [-0.2, 0) is 4.79 Å². The number of carbonyl (C=O) groups is 1. The first-order chi connectivity index (χ1) is 7.36. The first-order valence-corrected chi connectivity index (χ1v) is 6.39. The quantitative estimate of drug-likeness (QED) is 0.701. The third-order valence-corrected chi connectivity index (χ3v) is 4.34. The summed E-state index contributed by atoms with van der Waals surface area (Å²) in [6.45, 7) is 2.05. The Balaban J connectivity index is 1.73. The van der Waals surface area contributed by atoms with Crippen LogP contribution in [0.3, 0.4) is 0 Å². The highest BCUT2D eigenvalue weighted by Gasteiger charge is 2.41. The molecule has 2 bridgehead atoms. The lowest BCUT2D eigenvalue weighted by Gasteiger charge is -2.37. The second-order valence-corrected chi connectivity index (χ2v) is 5.27. The van der Waals surface area contributed by atoms with E-state index in [4.69, 9.17) is 0 Å². The monoisotopic (exact) mass is 208 g/mol. The van der Waals surface area contributed by atoms with Gasteiger partial charge in [-0.25, -0.2) is 0 Å². The minimum atomic E-state index is 0.367. The van der Waals surface area contributed by atoms with E-state index in [2.05, 4.69) is 10.2 Å². The average Bonchev–Trinajstić information content (AvgIpc) is 2.85. The second kappa shape index (κ2) is 3.78. The largest absolute Gasteiger partial charge is 0.334 e. The molecule has 3 nitrogen and oxygen atoms in total. The van der Waals surface area contributed by atoms with Crippen LogP contribution < -0.4 is 5.32 Å². The Morgan fingerprint density at radius 3 is 2.20 bits per heavy atom. The highest BCUT2D eigenvalue weighted by molar-refractivity contribution is 5.80. The van der Waals surface area contributed by atoms with E-state index < -0.39 is 0 Å². The minimum Gasteiger partial charge on any atom is -0.334 e. The molecule has 2 heterocycles. The van der Waals surface area contributed by atoms with Gasteiger partial charge in [-0.3, -0.25) is 4.79 Å². The van der Waals surface area contributed by atoms with Gasteiger partial charge in [0.15, 0.2) is 0 Å². The van der Waals surface area contributed by atoms with Gasteiger partial charge in [-0.05, 0) is 25.7 Å². The minimum absolute atomic E-state index is 0.367. The van der Waals surface area contributed by atoms with Crippen LogP contribution in [0.5, 0.6) is 0 Å². The van der Waals surface area contributed by atoms with E-state index in [1.165, 1.54) is 25.7 Å². The Labute approximate surface area is 91.2 Å². The number of rotatable bonds is 1. The van der Waals surface area contributed by atoms with Crippen LogP contribution in [-0.4, -0.2) is 36.0 Å². The molecular formula is C12H20N2O. The number of amides is 1. The van der Waals surface area contributed by atoms with E-state index in [-0.39, 0.29) is 0 Å². The van der Waals surface area contributed by atoms with E-state index in [1.54, 1.807) is 0 Å². The molecule has 2 aliphatic heterocycles. The van der Waals surface area contributed by atoms with Crippen molar-refractivity contribution in [3.8, 4) is 0 Å². The lowest BCUT2D eigenvalue weighted by Crippen LogP contribution is -2.55. The summed E-state index contributed by atoms with van der Waals surface area (Å²) in [5.74, 6) is 0.840. The molecule has 0 aromatic carbocycles. The molecule has 2 atom stereocenters. The average molecular weight is 208 g/mol. The predicted molar refractivity (Wildman–Crippen MR) is 58.5 cm³/mol. The van der Waals surface area contributed by atoms with Crippen LogP contribution in [0.25, 0.3) is 0 Å². The molecule has 1 aliphatic carbocycles. The number of nitrogens with zero attached hydrogens (tertiary/aromatic N) is 1. The Kier molecular flexibility index (Phi) is 2.43. The third kappa shape index (κ3) is 1.57. The maximum Gasteiger partial charge on any atom is 0.226 e. The molecule has 0 spiro atoms. The SMILES string of the molecule is O=C(C1CCCC1)N1C2CCC1CNC2. The number of hydrogen-bond acceptors (Lipinski definition) is 2. The van der Waals surface area contributed by atoms with Gasteiger partial charge < -0.3 is 10.2 Å². The molecule has 1 amide bonds. The highest BCUT2D eigenvalue weighted by Crippen LogP contribution is 2.33. The second-order valence-electron chi connectivity index (χ2n) is 5.27. The zero-order valence-electron chi connectivity index (χ0n) is 9.24. The van der Waals surface area contributed by atoms with Crippen LogP contribution in [0, 0.1) is 5.92 Å². The van der Waals surface area contributed by atoms with Crippen molar-refractivity contribution < 1.29 is 4.79 Å². The highest BCUT2D eigenvalue weighted by atomic mass is 16.2. The van der Waals surface area contributed by atoms with Crippen LogP contribution in [0.15, 0.2) is 0 Å². The molecule has 3 heteroatoms. The van der Waals surface area contributed by atoms with Gasteiger partial charge in [0.2, 0.25) is 5.91 Å². The number of carbonyl (C=O) groups excluding carboxylic acids is 1.